The van der Waals surface area contributed by atoms with Crippen molar-refractivity contribution >= 4 is 17.8 Å². The van der Waals surface area contributed by atoms with Crippen molar-refractivity contribution in [3.63, 3.8) is 0 Å². The van der Waals surface area contributed by atoms with Crippen molar-refractivity contribution in [2.75, 3.05) is 13.7 Å². The molecular weight excluding hydrogens is 472 g/mol. The maximum absolute atomic E-state index is 13.9. The standard InChI is InChI=1S/C21H17F6N3O4/c1-34-15-7-5-12(6-8-15)9-10-30-17(32)19(21(25,26)27,29-18(30)33)28-16(31)13-3-2-4-14(11-13)20(22,23)24/h2-8,11H,9-10H2,1H3,(H,28,31)(H,29,33)/t19-/m0/s1. The summed E-state index contributed by atoms with van der Waals surface area (Å²) in [5.74, 6) is -2.92. The molecule has 3 rings (SSSR count). The largest absolute Gasteiger partial charge is 0.497 e. The molecule has 0 aromatic heterocycles. The average molecular weight is 489 g/mol. The van der Waals surface area contributed by atoms with E-state index in [2.05, 4.69) is 0 Å². The van der Waals surface area contributed by atoms with Crippen LogP contribution in [0, 0.1) is 0 Å². The summed E-state index contributed by atoms with van der Waals surface area (Å²) < 4.78 is 85.5. The molecular formula is C21H17F6N3O4. The van der Waals surface area contributed by atoms with Crippen LogP contribution in [0.5, 0.6) is 5.75 Å². The first-order valence-electron chi connectivity index (χ1n) is 9.62. The molecule has 0 unspecified atom stereocenters. The Morgan fingerprint density at radius 2 is 1.71 bits per heavy atom. The minimum atomic E-state index is -5.49. The molecule has 4 amide bonds. The highest BCUT2D eigenvalue weighted by Crippen LogP contribution is 2.35. The average Bonchev–Trinajstić information content (AvgIpc) is 3.02. The molecule has 13 heteroatoms. The van der Waals surface area contributed by atoms with Gasteiger partial charge < -0.3 is 10.1 Å². The zero-order valence-corrected chi connectivity index (χ0v) is 17.4. The second kappa shape index (κ2) is 8.88. The molecule has 0 saturated carbocycles. The molecule has 0 aliphatic carbocycles. The minimum Gasteiger partial charge on any atom is -0.497 e. The van der Waals surface area contributed by atoms with Gasteiger partial charge in [0.25, 0.3) is 17.5 Å². The molecule has 1 heterocycles. The van der Waals surface area contributed by atoms with Gasteiger partial charge in [-0.05, 0) is 42.3 Å². The second-order valence-electron chi connectivity index (χ2n) is 7.27. The number of carbonyl (C=O) groups is 3. The normalized spacial score (nSPS) is 18.6. The van der Waals surface area contributed by atoms with Crippen molar-refractivity contribution in [3.05, 3.63) is 65.2 Å². The molecule has 1 saturated heterocycles. The van der Waals surface area contributed by atoms with Crippen LogP contribution in [0.15, 0.2) is 48.5 Å². The summed E-state index contributed by atoms with van der Waals surface area (Å²) in [4.78, 5) is 37.7. The van der Waals surface area contributed by atoms with E-state index in [1.54, 1.807) is 24.3 Å². The van der Waals surface area contributed by atoms with Crippen LogP contribution in [-0.4, -0.2) is 48.2 Å². The maximum Gasteiger partial charge on any atom is 0.440 e. The fourth-order valence-corrected chi connectivity index (χ4v) is 3.24. The van der Waals surface area contributed by atoms with Crippen molar-refractivity contribution in [1.29, 1.82) is 0 Å². The topological polar surface area (TPSA) is 87.7 Å². The number of urea groups is 1. The molecule has 2 aromatic rings. The molecule has 2 N–H and O–H groups in total. The Labute approximate surface area is 188 Å². The van der Waals surface area contributed by atoms with Crippen molar-refractivity contribution in [2.45, 2.75) is 24.4 Å². The Bertz CT molecular complexity index is 1100. The number of hydrogen-bond donors (Lipinski definition) is 2. The number of imide groups is 1. The van der Waals surface area contributed by atoms with Gasteiger partial charge in [0, 0.05) is 12.1 Å². The maximum atomic E-state index is 13.9. The van der Waals surface area contributed by atoms with Crippen LogP contribution >= 0.6 is 0 Å². The van der Waals surface area contributed by atoms with E-state index in [1.165, 1.54) is 17.7 Å². The van der Waals surface area contributed by atoms with Crippen molar-refractivity contribution in [2.24, 2.45) is 0 Å². The smallest absolute Gasteiger partial charge is 0.440 e. The molecule has 0 spiro atoms. The third-order valence-corrected chi connectivity index (χ3v) is 5.07. The molecule has 2 aromatic carbocycles. The van der Waals surface area contributed by atoms with Gasteiger partial charge in [0.15, 0.2) is 0 Å². The molecule has 0 bridgehead atoms. The fourth-order valence-electron chi connectivity index (χ4n) is 3.24. The summed E-state index contributed by atoms with van der Waals surface area (Å²) in [5, 5.41) is 2.83. The lowest BCUT2D eigenvalue weighted by atomic mass is 10.1. The monoisotopic (exact) mass is 489 g/mol. The van der Waals surface area contributed by atoms with Crippen LogP contribution in [0.4, 0.5) is 31.1 Å². The molecule has 1 fully saturated rings. The number of benzene rings is 2. The summed E-state index contributed by atoms with van der Waals surface area (Å²) in [6, 6.07) is 7.55. The number of alkyl halides is 6. The summed E-state index contributed by atoms with van der Waals surface area (Å²) in [6.07, 6.45) is -10.3. The van der Waals surface area contributed by atoms with Crippen LogP contribution in [0.2, 0.25) is 0 Å². The number of carbonyl (C=O) groups excluding carboxylic acids is 3. The number of ether oxygens (including phenoxy) is 1. The molecule has 1 aliphatic heterocycles. The lowest BCUT2D eigenvalue weighted by molar-refractivity contribution is -0.200. The SMILES string of the molecule is COc1ccc(CCN2C(=O)N[C@](NC(=O)c3cccc(C(F)(F)F)c3)(C(F)(F)F)C2=O)cc1. The van der Waals surface area contributed by atoms with E-state index in [0.717, 1.165) is 12.1 Å². The summed E-state index contributed by atoms with van der Waals surface area (Å²) in [7, 11) is 1.44. The first kappa shape index (κ1) is 24.9. The highest BCUT2D eigenvalue weighted by molar-refractivity contribution is 6.10. The van der Waals surface area contributed by atoms with Crippen molar-refractivity contribution < 1.29 is 45.5 Å². The van der Waals surface area contributed by atoms with Gasteiger partial charge in [-0.25, -0.2) is 4.79 Å². The van der Waals surface area contributed by atoms with Crippen molar-refractivity contribution in [3.8, 4) is 5.75 Å². The summed E-state index contributed by atoms with van der Waals surface area (Å²) in [5.41, 5.74) is -5.31. The predicted octanol–water partition coefficient (Wildman–Crippen LogP) is 3.50. The van der Waals surface area contributed by atoms with Gasteiger partial charge in [-0.2, -0.15) is 26.3 Å². The van der Waals surface area contributed by atoms with E-state index in [0.29, 0.717) is 23.4 Å². The van der Waals surface area contributed by atoms with Crippen LogP contribution in [0.1, 0.15) is 21.5 Å². The number of rotatable bonds is 6. The minimum absolute atomic E-state index is 0.00132. The van der Waals surface area contributed by atoms with Crippen molar-refractivity contribution in [1.82, 2.24) is 15.5 Å². The van der Waals surface area contributed by atoms with E-state index in [4.69, 9.17) is 4.74 Å². The molecule has 1 atom stereocenters. The second-order valence-corrected chi connectivity index (χ2v) is 7.27. The zero-order valence-electron chi connectivity index (χ0n) is 17.4. The highest BCUT2D eigenvalue weighted by Gasteiger charge is 2.68. The number of amides is 4. The fraction of sp³-hybridized carbons (Fsp3) is 0.286. The van der Waals surface area contributed by atoms with E-state index in [1.807, 2.05) is 0 Å². The quantitative estimate of drug-likeness (QED) is 0.481. The van der Waals surface area contributed by atoms with Gasteiger partial charge in [-0.15, -0.1) is 0 Å². The lowest BCUT2D eigenvalue weighted by Gasteiger charge is -2.30. The summed E-state index contributed by atoms with van der Waals surface area (Å²) in [6.45, 7) is -0.450. The van der Waals surface area contributed by atoms with Gasteiger partial charge >= 0.3 is 18.4 Å². The molecule has 1 aliphatic rings. The van der Waals surface area contributed by atoms with Crippen LogP contribution in [-0.2, 0) is 17.4 Å². The number of hydrogen-bond acceptors (Lipinski definition) is 4. The lowest BCUT2D eigenvalue weighted by Crippen LogP contribution is -2.69. The van der Waals surface area contributed by atoms with Gasteiger partial charge in [-0.3, -0.25) is 19.8 Å². The van der Waals surface area contributed by atoms with Gasteiger partial charge in [0.1, 0.15) is 5.75 Å². The highest BCUT2D eigenvalue weighted by atomic mass is 19.4. The molecule has 182 valence electrons. The predicted molar refractivity (Wildman–Crippen MR) is 105 cm³/mol. The van der Waals surface area contributed by atoms with Gasteiger partial charge in [0.2, 0.25) is 0 Å². The Hall–Kier alpha value is -3.77. The third kappa shape index (κ3) is 4.77. The molecule has 7 nitrogen and oxygen atoms in total. The Morgan fingerprint density at radius 3 is 2.26 bits per heavy atom. The number of methoxy groups -OCH3 is 1. The molecule has 34 heavy (non-hydrogen) atoms. The number of nitrogens with zero attached hydrogens (tertiary/aromatic N) is 1. The van der Waals surface area contributed by atoms with Crippen LogP contribution in [0.3, 0.4) is 0 Å². The Morgan fingerprint density at radius 1 is 1.06 bits per heavy atom. The first-order chi connectivity index (χ1) is 15.8. The van der Waals surface area contributed by atoms with Gasteiger partial charge in [-0.1, -0.05) is 18.2 Å². The Balaban J connectivity index is 1.83. The van der Waals surface area contributed by atoms with E-state index in [9.17, 15) is 40.7 Å². The van der Waals surface area contributed by atoms with E-state index < -0.39 is 53.5 Å². The van der Waals surface area contributed by atoms with E-state index >= 15 is 0 Å². The Kier molecular flexibility index (Phi) is 6.49. The third-order valence-electron chi connectivity index (χ3n) is 5.07. The van der Waals surface area contributed by atoms with Crippen LogP contribution in [0.25, 0.3) is 0 Å². The first-order valence-corrected chi connectivity index (χ1v) is 9.62. The van der Waals surface area contributed by atoms with Crippen LogP contribution < -0.4 is 15.4 Å². The summed E-state index contributed by atoms with van der Waals surface area (Å²) >= 11 is 0. The number of halogens is 6. The van der Waals surface area contributed by atoms with Gasteiger partial charge in [0.05, 0.1) is 12.7 Å². The zero-order chi connectivity index (χ0) is 25.3. The molecule has 0 radical (unpaired) electrons. The number of nitrogens with one attached hydrogen (secondary N) is 2. The van der Waals surface area contributed by atoms with E-state index in [-0.39, 0.29) is 11.3 Å².